The molecule has 3 N–H and O–H groups in total. The Morgan fingerprint density at radius 1 is 1.09 bits per heavy atom. The van der Waals surface area contributed by atoms with E-state index in [9.17, 15) is 0 Å². The minimum Gasteiger partial charge on any atom is -0.475 e. The fraction of sp³-hybridized carbons (Fsp3) is 0.176. The minimum absolute atomic E-state index is 0.0234. The number of rotatable bonds is 7. The van der Waals surface area contributed by atoms with Crippen molar-refractivity contribution in [3.05, 3.63) is 60.4 Å². The van der Waals surface area contributed by atoms with E-state index in [0.717, 1.165) is 22.5 Å². The molecule has 2 aromatic heterocycles. The summed E-state index contributed by atoms with van der Waals surface area (Å²) >= 11 is 0. The molecule has 0 amide bonds. The zero-order chi connectivity index (χ0) is 15.9. The van der Waals surface area contributed by atoms with Crippen LogP contribution in [0.15, 0.2) is 54.9 Å². The number of benzene rings is 1. The predicted octanol–water partition coefficient (Wildman–Crippen LogP) is 2.45. The number of pyridine rings is 1. The normalized spacial score (nSPS) is 10.5. The lowest BCUT2D eigenvalue weighted by molar-refractivity contribution is 0.196. The lowest BCUT2D eigenvalue weighted by Gasteiger charge is -2.08. The smallest absolute Gasteiger partial charge is 0.213 e. The first-order chi connectivity index (χ1) is 11.4. The number of aromatic amines is 1. The van der Waals surface area contributed by atoms with Crippen LogP contribution in [0.3, 0.4) is 0 Å². The van der Waals surface area contributed by atoms with Gasteiger partial charge < -0.3 is 15.2 Å². The monoisotopic (exact) mass is 310 g/mol. The highest BCUT2D eigenvalue weighted by atomic mass is 16.5. The van der Waals surface area contributed by atoms with Crippen molar-refractivity contribution in [2.75, 3.05) is 18.5 Å². The predicted molar refractivity (Wildman–Crippen MR) is 88.2 cm³/mol. The van der Waals surface area contributed by atoms with Crippen molar-refractivity contribution >= 4 is 5.69 Å². The molecule has 0 fully saturated rings. The number of hydrogen-bond acceptors (Lipinski definition) is 5. The van der Waals surface area contributed by atoms with Crippen LogP contribution < -0.4 is 10.1 Å². The van der Waals surface area contributed by atoms with Crippen molar-refractivity contribution in [1.82, 2.24) is 15.2 Å². The molecule has 118 valence electrons. The molecule has 0 atom stereocenters. The van der Waals surface area contributed by atoms with Crippen molar-refractivity contribution in [3.63, 3.8) is 0 Å². The van der Waals surface area contributed by atoms with Crippen molar-refractivity contribution in [2.24, 2.45) is 0 Å². The third kappa shape index (κ3) is 3.87. The Morgan fingerprint density at radius 3 is 2.70 bits per heavy atom. The van der Waals surface area contributed by atoms with Gasteiger partial charge in [0, 0.05) is 18.2 Å². The van der Waals surface area contributed by atoms with Crippen molar-refractivity contribution in [2.45, 2.75) is 6.54 Å². The van der Waals surface area contributed by atoms with Gasteiger partial charge in [-0.25, -0.2) is 4.98 Å². The molecule has 3 rings (SSSR count). The average Bonchev–Trinajstić information content (AvgIpc) is 3.08. The van der Waals surface area contributed by atoms with Crippen molar-refractivity contribution in [1.29, 1.82) is 0 Å². The first-order valence-corrected chi connectivity index (χ1v) is 7.38. The van der Waals surface area contributed by atoms with Crippen molar-refractivity contribution in [3.8, 4) is 17.1 Å². The zero-order valence-corrected chi connectivity index (χ0v) is 12.6. The van der Waals surface area contributed by atoms with Crippen LogP contribution in [0.1, 0.15) is 5.56 Å². The Bertz CT molecular complexity index is 726. The van der Waals surface area contributed by atoms with Gasteiger partial charge in [-0.05, 0) is 11.6 Å². The van der Waals surface area contributed by atoms with Gasteiger partial charge in [0.25, 0.3) is 0 Å². The van der Waals surface area contributed by atoms with E-state index in [2.05, 4.69) is 20.5 Å². The van der Waals surface area contributed by atoms with Crippen LogP contribution in [0.2, 0.25) is 0 Å². The number of nitrogens with zero attached hydrogens (tertiary/aromatic N) is 2. The summed E-state index contributed by atoms with van der Waals surface area (Å²) in [6.45, 7) is 0.860. The molecular formula is C17H18N4O2. The van der Waals surface area contributed by atoms with Crippen LogP contribution in [0.4, 0.5) is 5.69 Å². The van der Waals surface area contributed by atoms with E-state index in [1.165, 1.54) is 0 Å². The number of anilines is 1. The van der Waals surface area contributed by atoms with Crippen LogP contribution in [0, 0.1) is 0 Å². The number of H-pyrrole nitrogens is 1. The molecule has 0 aliphatic rings. The van der Waals surface area contributed by atoms with Gasteiger partial charge >= 0.3 is 0 Å². The van der Waals surface area contributed by atoms with Gasteiger partial charge in [0.1, 0.15) is 6.61 Å². The number of aliphatic hydroxyl groups is 1. The molecule has 0 bridgehead atoms. The summed E-state index contributed by atoms with van der Waals surface area (Å²) in [6, 6.07) is 13.7. The molecule has 0 saturated carbocycles. The maximum Gasteiger partial charge on any atom is 0.213 e. The largest absolute Gasteiger partial charge is 0.475 e. The molecule has 0 spiro atoms. The Hall–Kier alpha value is -2.86. The average molecular weight is 310 g/mol. The number of aliphatic hydroxyl groups excluding tert-OH is 1. The molecule has 6 nitrogen and oxygen atoms in total. The second-order valence-electron chi connectivity index (χ2n) is 4.95. The highest BCUT2D eigenvalue weighted by Gasteiger charge is 2.07. The van der Waals surface area contributed by atoms with Gasteiger partial charge in [-0.1, -0.05) is 30.3 Å². The molecule has 1 aromatic carbocycles. The van der Waals surface area contributed by atoms with E-state index in [-0.39, 0.29) is 13.2 Å². The highest BCUT2D eigenvalue weighted by Crippen LogP contribution is 2.21. The fourth-order valence-electron chi connectivity index (χ4n) is 2.22. The molecule has 2 heterocycles. The third-order valence-corrected chi connectivity index (χ3v) is 3.34. The third-order valence-electron chi connectivity index (χ3n) is 3.34. The summed E-state index contributed by atoms with van der Waals surface area (Å²) in [5, 5.41) is 19.2. The number of nitrogens with one attached hydrogen (secondary N) is 2. The zero-order valence-electron chi connectivity index (χ0n) is 12.6. The molecule has 3 aromatic rings. The van der Waals surface area contributed by atoms with E-state index < -0.39 is 0 Å². The molecule has 6 heteroatoms. The second-order valence-corrected chi connectivity index (χ2v) is 4.95. The molecule has 0 radical (unpaired) electrons. The molecular weight excluding hydrogens is 292 g/mol. The van der Waals surface area contributed by atoms with Gasteiger partial charge in [0.05, 0.1) is 30.4 Å². The van der Waals surface area contributed by atoms with E-state index in [0.29, 0.717) is 12.4 Å². The Kier molecular flexibility index (Phi) is 4.85. The van der Waals surface area contributed by atoms with Gasteiger partial charge in [-0.2, -0.15) is 5.10 Å². The first kappa shape index (κ1) is 15.1. The number of aromatic nitrogens is 3. The summed E-state index contributed by atoms with van der Waals surface area (Å²) in [6.07, 6.45) is 3.52. The van der Waals surface area contributed by atoms with Crippen LogP contribution in [-0.4, -0.2) is 33.5 Å². The summed E-state index contributed by atoms with van der Waals surface area (Å²) in [7, 11) is 0. The van der Waals surface area contributed by atoms with E-state index >= 15 is 0 Å². The highest BCUT2D eigenvalue weighted by molar-refractivity contribution is 5.63. The van der Waals surface area contributed by atoms with Crippen LogP contribution >= 0.6 is 0 Å². The first-order valence-electron chi connectivity index (χ1n) is 7.38. The van der Waals surface area contributed by atoms with Gasteiger partial charge in [0.2, 0.25) is 5.88 Å². The van der Waals surface area contributed by atoms with Gasteiger partial charge in [0.15, 0.2) is 0 Å². The summed E-state index contributed by atoms with van der Waals surface area (Å²) in [4.78, 5) is 4.18. The topological polar surface area (TPSA) is 83.1 Å². The Balaban J connectivity index is 1.64. The van der Waals surface area contributed by atoms with Crippen LogP contribution in [0.5, 0.6) is 5.88 Å². The lowest BCUT2D eigenvalue weighted by Crippen LogP contribution is -2.04. The Morgan fingerprint density at radius 2 is 1.96 bits per heavy atom. The number of ether oxygens (including phenoxy) is 1. The van der Waals surface area contributed by atoms with E-state index in [1.807, 2.05) is 42.6 Å². The Labute approximate surface area is 134 Å². The summed E-state index contributed by atoms with van der Waals surface area (Å²) in [5.41, 5.74) is 4.08. The molecule has 0 aliphatic carbocycles. The summed E-state index contributed by atoms with van der Waals surface area (Å²) < 4.78 is 5.23. The SMILES string of the molecule is OCCOc1ccc(NCc2cn[nH]c2-c2ccccc2)cn1. The van der Waals surface area contributed by atoms with E-state index in [4.69, 9.17) is 9.84 Å². The second kappa shape index (κ2) is 7.42. The molecule has 0 unspecified atom stereocenters. The van der Waals surface area contributed by atoms with Crippen LogP contribution in [-0.2, 0) is 6.54 Å². The summed E-state index contributed by atoms with van der Waals surface area (Å²) in [5.74, 6) is 0.498. The van der Waals surface area contributed by atoms with Gasteiger partial charge in [-0.15, -0.1) is 0 Å². The van der Waals surface area contributed by atoms with Crippen LogP contribution in [0.25, 0.3) is 11.3 Å². The fourth-order valence-corrected chi connectivity index (χ4v) is 2.22. The minimum atomic E-state index is -0.0234. The van der Waals surface area contributed by atoms with Gasteiger partial charge in [-0.3, -0.25) is 5.10 Å². The lowest BCUT2D eigenvalue weighted by atomic mass is 10.1. The maximum absolute atomic E-state index is 8.72. The molecule has 0 saturated heterocycles. The quantitative estimate of drug-likeness (QED) is 0.624. The maximum atomic E-state index is 8.72. The van der Waals surface area contributed by atoms with E-state index in [1.54, 1.807) is 12.3 Å². The molecule has 23 heavy (non-hydrogen) atoms. The molecule has 0 aliphatic heterocycles. The number of hydrogen-bond donors (Lipinski definition) is 3. The standard InChI is InChI=1S/C17H18N4O2/c22-8-9-23-16-7-6-15(12-19-16)18-10-14-11-20-21-17(14)13-4-2-1-3-5-13/h1-7,11-12,18,22H,8-10H2,(H,20,21). The van der Waals surface area contributed by atoms with Crippen molar-refractivity contribution < 1.29 is 9.84 Å².